The van der Waals surface area contributed by atoms with Crippen LogP contribution in [0.1, 0.15) is 13.8 Å². The average Bonchev–Trinajstić information content (AvgIpc) is 0.811. The normalized spacial score (nSPS) is 6.25. The van der Waals surface area contributed by atoms with E-state index in [9.17, 15) is 0 Å². The average molecular weight is 133 g/mol. The molecule has 0 aliphatic rings. The van der Waals surface area contributed by atoms with Gasteiger partial charge in [-0.15, -0.1) is 0 Å². The number of hydrogen-bond acceptors (Lipinski definition) is 0. The van der Waals surface area contributed by atoms with Crippen LogP contribution in [0.2, 0.25) is 0 Å². The van der Waals surface area contributed by atoms with E-state index in [0.29, 0.717) is 0 Å². The van der Waals surface area contributed by atoms with Crippen LogP contribution in [0.3, 0.4) is 0 Å². The topological polar surface area (TPSA) is 0 Å². The van der Waals surface area contributed by atoms with E-state index < -0.39 is 0 Å². The summed E-state index contributed by atoms with van der Waals surface area (Å²) in [6, 6.07) is 0. The van der Waals surface area contributed by atoms with Crippen molar-refractivity contribution in [2.24, 2.45) is 0 Å². The van der Waals surface area contributed by atoms with Gasteiger partial charge in [-0.3, -0.25) is 0 Å². The van der Waals surface area contributed by atoms with E-state index in [0.717, 1.165) is 0 Å². The van der Waals surface area contributed by atoms with Crippen LogP contribution in [-0.2, 0) is 24.2 Å². The van der Waals surface area contributed by atoms with Gasteiger partial charge in [-0.05, 0) is 0 Å². The predicted octanol–water partition coefficient (Wildman–Crippen LogP) is 0.745. The summed E-state index contributed by atoms with van der Waals surface area (Å²) in [5, 5.41) is 0. The quantitative estimate of drug-likeness (QED) is 0.457. The van der Waals surface area contributed by atoms with Gasteiger partial charge >= 0.3 is 41.3 Å². The van der Waals surface area contributed by atoms with Crippen molar-refractivity contribution in [3.63, 3.8) is 0 Å². The summed E-state index contributed by atoms with van der Waals surface area (Å²) in [7, 11) is 0. The van der Waals surface area contributed by atoms with E-state index in [2.05, 4.69) is 13.8 Å². The van der Waals surface area contributed by atoms with Gasteiger partial charge in [0.25, 0.3) is 0 Å². The standard InChI is InChI=1S/C3H6.Zr/c1-3-2;/h1-2H3;. The van der Waals surface area contributed by atoms with Gasteiger partial charge in [0.1, 0.15) is 0 Å². The van der Waals surface area contributed by atoms with E-state index in [1.165, 1.54) is 3.21 Å². The molecule has 0 saturated heterocycles. The van der Waals surface area contributed by atoms with Crippen molar-refractivity contribution in [2.45, 2.75) is 13.8 Å². The summed E-state index contributed by atoms with van der Waals surface area (Å²) in [6.07, 6.45) is 0. The van der Waals surface area contributed by atoms with Gasteiger partial charge in [0.2, 0.25) is 0 Å². The fourth-order valence-electron chi connectivity index (χ4n) is 0. The Morgan fingerprint density at radius 3 is 1.50 bits per heavy atom. The maximum atomic E-state index is 2.12. The Balaban J connectivity index is 2.80. The molecular weight excluding hydrogens is 127 g/mol. The number of rotatable bonds is 0. The molecule has 22 valence electrons. The summed E-state index contributed by atoms with van der Waals surface area (Å²) in [4.78, 5) is 0. The molecule has 0 aromatic heterocycles. The Hall–Kier alpha value is 0.753. The van der Waals surface area contributed by atoms with Crippen molar-refractivity contribution < 1.29 is 24.2 Å². The zero-order valence-electron chi connectivity index (χ0n) is 3.00. The monoisotopic (exact) mass is 132 g/mol. The van der Waals surface area contributed by atoms with E-state index in [1.54, 1.807) is 24.2 Å². The van der Waals surface area contributed by atoms with Crippen molar-refractivity contribution in [3.05, 3.63) is 0 Å². The molecular formula is C3H6Zr. The van der Waals surface area contributed by atoms with Gasteiger partial charge < -0.3 is 0 Å². The van der Waals surface area contributed by atoms with Gasteiger partial charge in [-0.25, -0.2) is 0 Å². The van der Waals surface area contributed by atoms with Crippen LogP contribution < -0.4 is 0 Å². The molecule has 0 amide bonds. The first kappa shape index (κ1) is 4.75. The molecule has 0 rings (SSSR count). The molecule has 0 atom stereocenters. The molecule has 0 aromatic rings. The molecule has 0 fully saturated rings. The second kappa shape index (κ2) is 2.02. The molecule has 0 aromatic carbocycles. The summed E-state index contributed by atoms with van der Waals surface area (Å²) in [5.41, 5.74) is 0. The molecule has 0 bridgehead atoms. The van der Waals surface area contributed by atoms with Crippen LogP contribution in [0.25, 0.3) is 0 Å². The minimum atomic E-state index is 1.51. The van der Waals surface area contributed by atoms with E-state index in [4.69, 9.17) is 0 Å². The molecule has 0 nitrogen and oxygen atoms in total. The van der Waals surface area contributed by atoms with Gasteiger partial charge in [-0.2, -0.15) is 0 Å². The van der Waals surface area contributed by atoms with Gasteiger partial charge in [0.15, 0.2) is 0 Å². The summed E-state index contributed by atoms with van der Waals surface area (Å²) >= 11 is 1.55. The summed E-state index contributed by atoms with van der Waals surface area (Å²) in [6.45, 7) is 4.25. The molecule has 0 aliphatic heterocycles. The van der Waals surface area contributed by atoms with Crippen LogP contribution in [-0.4, -0.2) is 3.21 Å². The molecule has 0 N–H and O–H groups in total. The molecule has 0 spiro atoms. The Kier molecular flexibility index (Phi) is 2.40. The Bertz CT molecular complexity index is 26.3. The summed E-state index contributed by atoms with van der Waals surface area (Å²) < 4.78 is 1.51. The first-order valence-corrected chi connectivity index (χ1v) is 2.48. The van der Waals surface area contributed by atoms with Crippen molar-refractivity contribution >= 4 is 3.21 Å². The zero-order chi connectivity index (χ0) is 3.58. The van der Waals surface area contributed by atoms with Crippen LogP contribution in [0.15, 0.2) is 0 Å². The van der Waals surface area contributed by atoms with Crippen molar-refractivity contribution in [2.75, 3.05) is 0 Å². The molecule has 0 heterocycles. The van der Waals surface area contributed by atoms with Crippen LogP contribution in [0, 0.1) is 0 Å². The molecule has 0 radical (unpaired) electrons. The number of hydrogen-bond donors (Lipinski definition) is 0. The first-order chi connectivity index (χ1) is 1.73. The third kappa shape index (κ3) is 14.9. The molecule has 4 heavy (non-hydrogen) atoms. The maximum absolute atomic E-state index is 2.12. The van der Waals surface area contributed by atoms with Gasteiger partial charge in [-0.1, -0.05) is 0 Å². The second-order valence-corrected chi connectivity index (χ2v) is 3.46. The second-order valence-electron chi connectivity index (χ2n) is 1.00. The third-order valence-corrected chi connectivity index (χ3v) is 0. The third-order valence-electron chi connectivity index (χ3n) is 0. The Morgan fingerprint density at radius 2 is 1.50 bits per heavy atom. The predicted molar refractivity (Wildman–Crippen MR) is 16.4 cm³/mol. The Labute approximate surface area is 41.5 Å². The fourth-order valence-corrected chi connectivity index (χ4v) is 0. The minimum absolute atomic E-state index is 1.51. The Morgan fingerprint density at radius 1 is 1.50 bits per heavy atom. The van der Waals surface area contributed by atoms with Gasteiger partial charge in [0.05, 0.1) is 0 Å². The van der Waals surface area contributed by atoms with Gasteiger partial charge in [0, 0.05) is 0 Å². The summed E-state index contributed by atoms with van der Waals surface area (Å²) in [5.74, 6) is 0. The van der Waals surface area contributed by atoms with Crippen LogP contribution >= 0.6 is 0 Å². The van der Waals surface area contributed by atoms with Crippen molar-refractivity contribution in [3.8, 4) is 0 Å². The molecule has 0 saturated carbocycles. The fraction of sp³-hybridized carbons (Fsp3) is 0.667. The molecule has 0 unspecified atom stereocenters. The van der Waals surface area contributed by atoms with Crippen molar-refractivity contribution in [1.29, 1.82) is 0 Å². The van der Waals surface area contributed by atoms with E-state index in [-0.39, 0.29) is 0 Å². The zero-order valence-corrected chi connectivity index (χ0v) is 5.46. The van der Waals surface area contributed by atoms with Crippen molar-refractivity contribution in [1.82, 2.24) is 0 Å². The van der Waals surface area contributed by atoms with E-state index >= 15 is 0 Å². The molecule has 1 heteroatoms. The molecule has 0 aliphatic carbocycles. The van der Waals surface area contributed by atoms with Crippen LogP contribution in [0.4, 0.5) is 0 Å². The SMILES string of the molecule is C[C](C)=[Zr]. The first-order valence-electron chi connectivity index (χ1n) is 1.25. The van der Waals surface area contributed by atoms with E-state index in [1.807, 2.05) is 0 Å². The van der Waals surface area contributed by atoms with Crippen LogP contribution in [0.5, 0.6) is 0 Å².